The highest BCUT2D eigenvalue weighted by Gasteiger charge is 2.17. The van der Waals surface area contributed by atoms with E-state index in [1.807, 2.05) is 0 Å². The normalized spacial score (nSPS) is 16.7. The molecular formula is C17H20N4O. The average Bonchev–Trinajstić information content (AvgIpc) is 2.93. The van der Waals surface area contributed by atoms with Gasteiger partial charge >= 0.3 is 0 Å². The van der Waals surface area contributed by atoms with E-state index >= 15 is 0 Å². The maximum atomic E-state index is 12.4. The number of nitriles is 1. The second-order valence-corrected chi connectivity index (χ2v) is 5.96. The maximum Gasteiger partial charge on any atom is 0.267 e. The van der Waals surface area contributed by atoms with Gasteiger partial charge in [-0.3, -0.25) is 9.78 Å². The number of H-pyrrole nitrogens is 1. The highest BCUT2D eigenvalue weighted by molar-refractivity contribution is 5.99. The van der Waals surface area contributed by atoms with Crippen LogP contribution in [0.4, 0.5) is 0 Å². The third-order valence-electron chi connectivity index (χ3n) is 4.35. The van der Waals surface area contributed by atoms with Crippen molar-refractivity contribution in [1.82, 2.24) is 15.3 Å². The van der Waals surface area contributed by atoms with Crippen molar-refractivity contribution in [2.75, 3.05) is 0 Å². The van der Waals surface area contributed by atoms with Crippen LogP contribution >= 0.6 is 0 Å². The largest absolute Gasteiger partial charge is 0.349 e. The van der Waals surface area contributed by atoms with Gasteiger partial charge in [-0.05, 0) is 18.9 Å². The molecule has 1 fully saturated rings. The lowest BCUT2D eigenvalue weighted by atomic mass is 9.96. The maximum absolute atomic E-state index is 12.4. The molecule has 0 aromatic carbocycles. The number of amides is 1. The van der Waals surface area contributed by atoms with Crippen molar-refractivity contribution in [3.8, 4) is 6.07 Å². The molecule has 2 aromatic heterocycles. The van der Waals surface area contributed by atoms with E-state index in [1.54, 1.807) is 12.3 Å². The number of aromatic amines is 1. The number of fused-ring (bicyclic) bond motifs is 1. The van der Waals surface area contributed by atoms with Crippen molar-refractivity contribution >= 4 is 16.8 Å². The Balaban J connectivity index is 1.75. The molecule has 3 rings (SSSR count). The Morgan fingerprint density at radius 3 is 2.68 bits per heavy atom. The minimum absolute atomic E-state index is 0.0920. The second kappa shape index (κ2) is 6.61. The van der Waals surface area contributed by atoms with Gasteiger partial charge < -0.3 is 10.3 Å². The first-order chi connectivity index (χ1) is 10.8. The van der Waals surface area contributed by atoms with Crippen LogP contribution in [0, 0.1) is 11.3 Å². The first kappa shape index (κ1) is 14.6. The fraction of sp³-hybridized carbons (Fsp3) is 0.471. The number of rotatable bonds is 2. The van der Waals surface area contributed by atoms with Crippen LogP contribution < -0.4 is 5.32 Å². The zero-order valence-electron chi connectivity index (χ0n) is 12.6. The van der Waals surface area contributed by atoms with Crippen LogP contribution in [0.25, 0.3) is 10.9 Å². The molecule has 0 bridgehead atoms. The molecule has 0 unspecified atom stereocenters. The molecule has 114 valence electrons. The molecule has 1 aliphatic rings. The Hall–Kier alpha value is -2.35. The van der Waals surface area contributed by atoms with Gasteiger partial charge in [0, 0.05) is 17.6 Å². The molecule has 1 saturated carbocycles. The van der Waals surface area contributed by atoms with E-state index in [9.17, 15) is 4.79 Å². The van der Waals surface area contributed by atoms with E-state index in [1.165, 1.54) is 38.3 Å². The third kappa shape index (κ3) is 3.11. The first-order valence-electron chi connectivity index (χ1n) is 7.95. The molecule has 2 N–H and O–H groups in total. The minimum atomic E-state index is -0.0920. The molecule has 5 nitrogen and oxygen atoms in total. The van der Waals surface area contributed by atoms with Gasteiger partial charge in [0.1, 0.15) is 11.8 Å². The Morgan fingerprint density at radius 1 is 1.23 bits per heavy atom. The van der Waals surface area contributed by atoms with E-state index in [0.29, 0.717) is 11.3 Å². The standard InChI is InChI=1S/C17H20N4O/c18-9-12-10-19-11-16-14(12)8-15(21-16)17(22)20-13-6-4-2-1-3-5-7-13/h8,10-11,13,21H,1-7H2,(H,20,22). The van der Waals surface area contributed by atoms with E-state index in [2.05, 4.69) is 21.4 Å². The van der Waals surface area contributed by atoms with Gasteiger partial charge in [0.2, 0.25) is 0 Å². The summed E-state index contributed by atoms with van der Waals surface area (Å²) in [5, 5.41) is 13.0. The molecule has 0 spiro atoms. The van der Waals surface area contributed by atoms with Crippen molar-refractivity contribution in [3.63, 3.8) is 0 Å². The Labute approximate surface area is 129 Å². The minimum Gasteiger partial charge on any atom is -0.349 e. The summed E-state index contributed by atoms with van der Waals surface area (Å²) in [5.41, 5.74) is 1.71. The summed E-state index contributed by atoms with van der Waals surface area (Å²) in [6.07, 6.45) is 11.5. The highest BCUT2D eigenvalue weighted by atomic mass is 16.1. The number of nitrogens with one attached hydrogen (secondary N) is 2. The lowest BCUT2D eigenvalue weighted by Crippen LogP contribution is -2.35. The summed E-state index contributed by atoms with van der Waals surface area (Å²) in [5.74, 6) is -0.0920. The SMILES string of the molecule is N#Cc1cncc2[nH]c(C(=O)NC3CCCCCCC3)cc12. The van der Waals surface area contributed by atoms with Gasteiger partial charge in [0.05, 0.1) is 17.3 Å². The molecule has 2 heterocycles. The fourth-order valence-corrected chi connectivity index (χ4v) is 3.13. The van der Waals surface area contributed by atoms with E-state index in [4.69, 9.17) is 5.26 Å². The Morgan fingerprint density at radius 2 is 1.95 bits per heavy atom. The van der Waals surface area contributed by atoms with E-state index < -0.39 is 0 Å². The quantitative estimate of drug-likeness (QED) is 0.892. The fourth-order valence-electron chi connectivity index (χ4n) is 3.13. The average molecular weight is 296 g/mol. The van der Waals surface area contributed by atoms with Crippen molar-refractivity contribution < 1.29 is 4.79 Å². The van der Waals surface area contributed by atoms with Gasteiger partial charge in [0.25, 0.3) is 5.91 Å². The molecule has 1 amide bonds. The molecule has 2 aromatic rings. The van der Waals surface area contributed by atoms with Crippen LogP contribution in [-0.4, -0.2) is 21.9 Å². The van der Waals surface area contributed by atoms with Gasteiger partial charge in [-0.15, -0.1) is 0 Å². The molecular weight excluding hydrogens is 276 g/mol. The summed E-state index contributed by atoms with van der Waals surface area (Å²) in [7, 11) is 0. The van der Waals surface area contributed by atoms with E-state index in [-0.39, 0.29) is 11.9 Å². The van der Waals surface area contributed by atoms with Crippen molar-refractivity contribution in [1.29, 1.82) is 5.26 Å². The molecule has 0 aliphatic heterocycles. The van der Waals surface area contributed by atoms with Gasteiger partial charge in [-0.1, -0.05) is 32.1 Å². The lowest BCUT2D eigenvalue weighted by Gasteiger charge is -2.20. The third-order valence-corrected chi connectivity index (χ3v) is 4.35. The van der Waals surface area contributed by atoms with Crippen LogP contribution in [0.3, 0.4) is 0 Å². The van der Waals surface area contributed by atoms with Gasteiger partial charge in [0.15, 0.2) is 0 Å². The number of pyridine rings is 1. The monoisotopic (exact) mass is 296 g/mol. The van der Waals surface area contributed by atoms with Gasteiger partial charge in [-0.2, -0.15) is 5.26 Å². The summed E-state index contributed by atoms with van der Waals surface area (Å²) in [4.78, 5) is 19.5. The van der Waals surface area contributed by atoms with E-state index in [0.717, 1.165) is 23.7 Å². The van der Waals surface area contributed by atoms with Gasteiger partial charge in [-0.25, -0.2) is 0 Å². The van der Waals surface area contributed by atoms with Crippen molar-refractivity contribution in [2.45, 2.75) is 51.0 Å². The summed E-state index contributed by atoms with van der Waals surface area (Å²) >= 11 is 0. The molecule has 1 aliphatic carbocycles. The molecule has 0 atom stereocenters. The highest BCUT2D eigenvalue weighted by Crippen LogP contribution is 2.20. The predicted octanol–water partition coefficient (Wildman–Crippen LogP) is 3.28. The number of hydrogen-bond donors (Lipinski definition) is 2. The number of aromatic nitrogens is 2. The summed E-state index contributed by atoms with van der Waals surface area (Å²) in [6, 6.07) is 4.11. The number of carbonyl (C=O) groups is 1. The van der Waals surface area contributed by atoms with Crippen molar-refractivity contribution in [3.05, 3.63) is 29.7 Å². The predicted molar refractivity (Wildman–Crippen MR) is 84.4 cm³/mol. The number of nitrogens with zero attached hydrogens (tertiary/aromatic N) is 2. The lowest BCUT2D eigenvalue weighted by molar-refractivity contribution is 0.0926. The molecule has 5 heteroatoms. The number of hydrogen-bond acceptors (Lipinski definition) is 3. The first-order valence-corrected chi connectivity index (χ1v) is 7.95. The van der Waals surface area contributed by atoms with Crippen molar-refractivity contribution in [2.24, 2.45) is 0 Å². The topological polar surface area (TPSA) is 81.6 Å². The van der Waals surface area contributed by atoms with Crippen LogP contribution in [0.2, 0.25) is 0 Å². The molecule has 22 heavy (non-hydrogen) atoms. The zero-order valence-corrected chi connectivity index (χ0v) is 12.6. The second-order valence-electron chi connectivity index (χ2n) is 5.96. The molecule has 0 radical (unpaired) electrons. The Bertz CT molecular complexity index is 705. The number of carbonyl (C=O) groups excluding carboxylic acids is 1. The molecule has 0 saturated heterocycles. The summed E-state index contributed by atoms with van der Waals surface area (Å²) < 4.78 is 0. The van der Waals surface area contributed by atoms with Crippen LogP contribution in [0.1, 0.15) is 61.0 Å². The van der Waals surface area contributed by atoms with Crippen LogP contribution in [0.15, 0.2) is 18.5 Å². The van der Waals surface area contributed by atoms with Crippen LogP contribution in [0.5, 0.6) is 0 Å². The zero-order chi connectivity index (χ0) is 15.4. The van der Waals surface area contributed by atoms with Crippen LogP contribution in [-0.2, 0) is 0 Å². The smallest absolute Gasteiger partial charge is 0.267 e. The Kier molecular flexibility index (Phi) is 4.38. The summed E-state index contributed by atoms with van der Waals surface area (Å²) in [6.45, 7) is 0.